The topological polar surface area (TPSA) is 42.5 Å². The van der Waals surface area contributed by atoms with Crippen LogP contribution >= 0.6 is 0 Å². The van der Waals surface area contributed by atoms with Gasteiger partial charge in [-0.25, -0.2) is 5.43 Å². The predicted molar refractivity (Wildman–Crippen MR) is 78.6 cm³/mol. The summed E-state index contributed by atoms with van der Waals surface area (Å²) in [4.78, 5) is 0. The van der Waals surface area contributed by atoms with Crippen LogP contribution in [0.15, 0.2) is 30.5 Å². The third-order valence-corrected chi connectivity index (χ3v) is 4.02. The van der Waals surface area contributed by atoms with Crippen molar-refractivity contribution in [2.75, 3.05) is 7.11 Å². The normalized spacial score (nSPS) is 22.6. The molecule has 108 valence electrons. The van der Waals surface area contributed by atoms with Crippen molar-refractivity contribution in [3.8, 4) is 11.5 Å². The molecule has 0 saturated heterocycles. The first kappa shape index (κ1) is 13.3. The molecule has 1 aromatic rings. The molecule has 0 aromatic heterocycles. The van der Waals surface area contributed by atoms with Gasteiger partial charge in [0.2, 0.25) is 0 Å². The average molecular weight is 274 g/mol. The molecule has 0 bridgehead atoms. The molecule has 0 amide bonds. The smallest absolute Gasteiger partial charge is 0.161 e. The highest BCUT2D eigenvalue weighted by molar-refractivity contribution is 5.44. The average Bonchev–Trinajstić information content (AvgIpc) is 3.01. The van der Waals surface area contributed by atoms with E-state index in [1.165, 1.54) is 18.4 Å². The van der Waals surface area contributed by atoms with Crippen molar-refractivity contribution in [3.05, 3.63) is 36.0 Å². The van der Waals surface area contributed by atoms with E-state index >= 15 is 0 Å². The van der Waals surface area contributed by atoms with Gasteiger partial charge in [0.05, 0.1) is 19.3 Å². The highest BCUT2D eigenvalue weighted by Gasteiger charge is 2.20. The van der Waals surface area contributed by atoms with Gasteiger partial charge in [-0.15, -0.1) is 0 Å². The first-order valence-corrected chi connectivity index (χ1v) is 7.37. The Labute approximate surface area is 120 Å². The molecular weight excluding hydrogens is 252 g/mol. The van der Waals surface area contributed by atoms with Crippen LogP contribution in [0.2, 0.25) is 0 Å². The van der Waals surface area contributed by atoms with Gasteiger partial charge in [-0.1, -0.05) is 12.1 Å². The Morgan fingerprint density at radius 3 is 2.70 bits per heavy atom. The van der Waals surface area contributed by atoms with Gasteiger partial charge in [-0.2, -0.15) is 0 Å². The Morgan fingerprint density at radius 1 is 1.15 bits per heavy atom. The minimum Gasteiger partial charge on any atom is -0.493 e. The standard InChI is InChI=1S/C16H22N2O2/c1-19-15-9-8-12(14-7-4-10-17-18-14)11-16(15)20-13-5-2-3-6-13/h4,8-11,13-14,17-18H,2-3,5-7H2,1H3. The van der Waals surface area contributed by atoms with Crippen LogP contribution in [0.1, 0.15) is 43.7 Å². The SMILES string of the molecule is COc1ccc(C2CC=CNN2)cc1OC1CCCC1. The molecule has 4 heteroatoms. The Hall–Kier alpha value is -1.68. The zero-order chi connectivity index (χ0) is 13.8. The second-order valence-corrected chi connectivity index (χ2v) is 5.41. The molecule has 1 aliphatic heterocycles. The number of hydrazine groups is 1. The van der Waals surface area contributed by atoms with Crippen LogP contribution in [-0.4, -0.2) is 13.2 Å². The first-order valence-electron chi connectivity index (χ1n) is 7.37. The van der Waals surface area contributed by atoms with Crippen LogP contribution in [-0.2, 0) is 0 Å². The number of rotatable bonds is 4. The van der Waals surface area contributed by atoms with Crippen molar-refractivity contribution >= 4 is 0 Å². The zero-order valence-electron chi connectivity index (χ0n) is 11.9. The van der Waals surface area contributed by atoms with Crippen molar-refractivity contribution in [1.29, 1.82) is 0 Å². The van der Waals surface area contributed by atoms with E-state index in [-0.39, 0.29) is 6.04 Å². The van der Waals surface area contributed by atoms with Gasteiger partial charge >= 0.3 is 0 Å². The molecular formula is C16H22N2O2. The van der Waals surface area contributed by atoms with Gasteiger partial charge in [-0.3, -0.25) is 0 Å². The van der Waals surface area contributed by atoms with Crippen LogP contribution < -0.4 is 20.3 Å². The van der Waals surface area contributed by atoms with E-state index in [2.05, 4.69) is 29.1 Å². The van der Waals surface area contributed by atoms with E-state index in [0.29, 0.717) is 6.10 Å². The van der Waals surface area contributed by atoms with Crippen LogP contribution in [0.5, 0.6) is 11.5 Å². The molecule has 4 nitrogen and oxygen atoms in total. The van der Waals surface area contributed by atoms with E-state index in [9.17, 15) is 0 Å². The number of hydrogen-bond acceptors (Lipinski definition) is 4. The molecule has 1 fully saturated rings. The number of ether oxygens (including phenoxy) is 2. The Bertz CT molecular complexity index is 481. The molecule has 1 saturated carbocycles. The largest absolute Gasteiger partial charge is 0.493 e. The summed E-state index contributed by atoms with van der Waals surface area (Å²) in [6, 6.07) is 6.48. The molecule has 1 atom stereocenters. The Morgan fingerprint density at radius 2 is 2.00 bits per heavy atom. The molecule has 1 aliphatic carbocycles. The summed E-state index contributed by atoms with van der Waals surface area (Å²) in [5, 5.41) is 0. The zero-order valence-corrected chi connectivity index (χ0v) is 11.9. The fraction of sp³-hybridized carbons (Fsp3) is 0.500. The van der Waals surface area contributed by atoms with Gasteiger partial charge in [0.25, 0.3) is 0 Å². The summed E-state index contributed by atoms with van der Waals surface area (Å²) in [5.74, 6) is 1.69. The molecule has 1 heterocycles. The van der Waals surface area contributed by atoms with Crippen LogP contribution in [0.25, 0.3) is 0 Å². The van der Waals surface area contributed by atoms with Crippen molar-refractivity contribution in [3.63, 3.8) is 0 Å². The summed E-state index contributed by atoms with van der Waals surface area (Å²) < 4.78 is 11.6. The molecule has 3 rings (SSSR count). The first-order chi connectivity index (χ1) is 9.86. The molecule has 20 heavy (non-hydrogen) atoms. The lowest BCUT2D eigenvalue weighted by Crippen LogP contribution is -2.33. The molecule has 2 aliphatic rings. The quantitative estimate of drug-likeness (QED) is 0.885. The van der Waals surface area contributed by atoms with Gasteiger partial charge in [0, 0.05) is 6.20 Å². The Kier molecular flexibility index (Phi) is 4.11. The third-order valence-electron chi connectivity index (χ3n) is 4.02. The van der Waals surface area contributed by atoms with Crippen molar-refractivity contribution in [1.82, 2.24) is 10.9 Å². The highest BCUT2D eigenvalue weighted by atomic mass is 16.5. The fourth-order valence-electron chi connectivity index (χ4n) is 2.88. The summed E-state index contributed by atoms with van der Waals surface area (Å²) in [7, 11) is 1.69. The van der Waals surface area contributed by atoms with Gasteiger partial charge < -0.3 is 14.9 Å². The maximum Gasteiger partial charge on any atom is 0.161 e. The highest BCUT2D eigenvalue weighted by Crippen LogP contribution is 2.34. The summed E-state index contributed by atoms with van der Waals surface area (Å²) in [6.45, 7) is 0. The van der Waals surface area contributed by atoms with Crippen LogP contribution in [0.4, 0.5) is 0 Å². The van der Waals surface area contributed by atoms with E-state index in [1.807, 2.05) is 12.3 Å². The predicted octanol–water partition coefficient (Wildman–Crippen LogP) is 3.07. The van der Waals surface area contributed by atoms with Crippen LogP contribution in [0.3, 0.4) is 0 Å². The summed E-state index contributed by atoms with van der Waals surface area (Å²) >= 11 is 0. The van der Waals surface area contributed by atoms with Gasteiger partial charge in [0.15, 0.2) is 11.5 Å². The van der Waals surface area contributed by atoms with E-state index in [1.54, 1.807) is 7.11 Å². The van der Waals surface area contributed by atoms with Gasteiger partial charge in [-0.05, 0) is 49.8 Å². The molecule has 2 N–H and O–H groups in total. The molecule has 0 spiro atoms. The van der Waals surface area contributed by atoms with Gasteiger partial charge in [0.1, 0.15) is 0 Å². The molecule has 0 radical (unpaired) electrons. The maximum absolute atomic E-state index is 6.14. The summed E-state index contributed by atoms with van der Waals surface area (Å²) in [5.41, 5.74) is 7.53. The fourth-order valence-corrected chi connectivity index (χ4v) is 2.88. The maximum atomic E-state index is 6.14. The lowest BCUT2D eigenvalue weighted by atomic mass is 10.0. The number of benzene rings is 1. The lowest BCUT2D eigenvalue weighted by Gasteiger charge is -2.23. The van der Waals surface area contributed by atoms with E-state index in [0.717, 1.165) is 30.8 Å². The van der Waals surface area contributed by atoms with Crippen molar-refractivity contribution in [2.24, 2.45) is 0 Å². The second kappa shape index (κ2) is 6.18. The van der Waals surface area contributed by atoms with Crippen molar-refractivity contribution < 1.29 is 9.47 Å². The Balaban J connectivity index is 1.80. The monoisotopic (exact) mass is 274 g/mol. The lowest BCUT2D eigenvalue weighted by molar-refractivity contribution is 0.200. The summed E-state index contributed by atoms with van der Waals surface area (Å²) in [6.07, 6.45) is 10.2. The van der Waals surface area contributed by atoms with E-state index in [4.69, 9.17) is 9.47 Å². The third kappa shape index (κ3) is 2.90. The number of nitrogens with one attached hydrogen (secondary N) is 2. The van der Waals surface area contributed by atoms with Crippen LogP contribution in [0, 0.1) is 0 Å². The number of hydrogen-bond donors (Lipinski definition) is 2. The minimum atomic E-state index is 0.275. The molecule has 1 unspecified atom stereocenters. The second-order valence-electron chi connectivity index (χ2n) is 5.41. The number of methoxy groups -OCH3 is 1. The minimum absolute atomic E-state index is 0.275. The molecule has 1 aromatic carbocycles. The van der Waals surface area contributed by atoms with E-state index < -0.39 is 0 Å². The van der Waals surface area contributed by atoms with Crippen molar-refractivity contribution in [2.45, 2.75) is 44.2 Å².